The van der Waals surface area contributed by atoms with Crippen LogP contribution >= 0.6 is 0 Å². The first-order valence-electron chi connectivity index (χ1n) is 9.15. The minimum absolute atomic E-state index is 0.0780. The van der Waals surface area contributed by atoms with Crippen molar-refractivity contribution in [3.8, 4) is 0 Å². The molecular formula is C20H23N3O3S. The molecule has 2 aromatic rings. The lowest BCUT2D eigenvalue weighted by molar-refractivity contribution is -0.117. The van der Waals surface area contributed by atoms with Gasteiger partial charge >= 0.3 is 0 Å². The van der Waals surface area contributed by atoms with E-state index < -0.39 is 10.0 Å². The number of nitrogens with zero attached hydrogens (tertiary/aromatic N) is 2. The molecule has 0 aliphatic carbocycles. The van der Waals surface area contributed by atoms with E-state index in [2.05, 4.69) is 15.7 Å². The van der Waals surface area contributed by atoms with Crippen molar-refractivity contribution in [2.45, 2.75) is 19.3 Å². The van der Waals surface area contributed by atoms with Gasteiger partial charge in [-0.3, -0.25) is 9.52 Å². The van der Waals surface area contributed by atoms with Crippen LogP contribution in [-0.2, 0) is 27.7 Å². The molecule has 4 rings (SSSR count). The van der Waals surface area contributed by atoms with Crippen LogP contribution < -0.4 is 14.5 Å². The van der Waals surface area contributed by atoms with Gasteiger partial charge in [-0.2, -0.15) is 0 Å². The third kappa shape index (κ3) is 3.64. The standard InChI is InChI=1S/C20H23N3O3S/c1-27(25,26)21-17-8-4-10-19-16(17)7-5-12-22(19)14-20(24)23-13-11-15-6-2-3-9-18(15)23/h2-4,6,8-10,21H,5,7,11-14H2,1H3. The molecule has 2 aliphatic rings. The molecule has 142 valence electrons. The quantitative estimate of drug-likeness (QED) is 0.877. The van der Waals surface area contributed by atoms with Crippen molar-refractivity contribution in [3.05, 3.63) is 53.6 Å². The number of benzene rings is 2. The number of sulfonamides is 1. The van der Waals surface area contributed by atoms with Crippen LogP contribution in [0.25, 0.3) is 0 Å². The maximum Gasteiger partial charge on any atom is 0.246 e. The predicted molar refractivity (Wildman–Crippen MR) is 108 cm³/mol. The summed E-state index contributed by atoms with van der Waals surface area (Å²) in [4.78, 5) is 16.9. The lowest BCUT2D eigenvalue weighted by atomic mass is 10.00. The van der Waals surface area contributed by atoms with E-state index >= 15 is 0 Å². The molecule has 7 heteroatoms. The summed E-state index contributed by atoms with van der Waals surface area (Å²) < 4.78 is 25.9. The lowest BCUT2D eigenvalue weighted by Gasteiger charge is -2.33. The summed E-state index contributed by atoms with van der Waals surface area (Å²) in [6.45, 7) is 1.80. The summed E-state index contributed by atoms with van der Waals surface area (Å²) in [7, 11) is -3.34. The first kappa shape index (κ1) is 17.9. The van der Waals surface area contributed by atoms with Crippen LogP contribution in [0.1, 0.15) is 17.5 Å². The maximum atomic E-state index is 13.0. The molecule has 2 heterocycles. The van der Waals surface area contributed by atoms with E-state index in [0.717, 1.165) is 49.0 Å². The number of amides is 1. The van der Waals surface area contributed by atoms with E-state index in [1.165, 1.54) is 5.56 Å². The van der Waals surface area contributed by atoms with Crippen molar-refractivity contribution >= 4 is 33.0 Å². The SMILES string of the molecule is CS(=O)(=O)Nc1cccc2c1CCCN2CC(=O)N1CCc2ccccc21. The highest BCUT2D eigenvalue weighted by Gasteiger charge is 2.28. The van der Waals surface area contributed by atoms with Crippen LogP contribution in [0.3, 0.4) is 0 Å². The van der Waals surface area contributed by atoms with Gasteiger partial charge in [0.15, 0.2) is 0 Å². The van der Waals surface area contributed by atoms with Crippen LogP contribution in [0.4, 0.5) is 17.1 Å². The Hall–Kier alpha value is -2.54. The monoisotopic (exact) mass is 385 g/mol. The van der Waals surface area contributed by atoms with Crippen LogP contribution in [0.5, 0.6) is 0 Å². The van der Waals surface area contributed by atoms with Crippen LogP contribution in [0, 0.1) is 0 Å². The Morgan fingerprint density at radius 1 is 1.04 bits per heavy atom. The third-order valence-corrected chi connectivity index (χ3v) is 5.75. The van der Waals surface area contributed by atoms with Crippen LogP contribution in [0.2, 0.25) is 0 Å². The summed E-state index contributed by atoms with van der Waals surface area (Å²) in [5, 5.41) is 0. The number of anilines is 3. The van der Waals surface area contributed by atoms with E-state index in [-0.39, 0.29) is 5.91 Å². The molecule has 0 fully saturated rings. The van der Waals surface area contributed by atoms with E-state index in [1.54, 1.807) is 6.07 Å². The first-order chi connectivity index (χ1) is 12.9. The zero-order valence-corrected chi connectivity index (χ0v) is 16.1. The fourth-order valence-corrected chi connectivity index (χ4v) is 4.60. The second-order valence-electron chi connectivity index (χ2n) is 7.13. The number of carbonyl (C=O) groups is 1. The van der Waals surface area contributed by atoms with Crippen molar-refractivity contribution in [2.75, 3.05) is 40.4 Å². The van der Waals surface area contributed by atoms with Crippen molar-refractivity contribution in [1.29, 1.82) is 0 Å². The Bertz CT molecular complexity index is 988. The van der Waals surface area contributed by atoms with Gasteiger partial charge < -0.3 is 9.80 Å². The fraction of sp³-hybridized carbons (Fsp3) is 0.350. The summed E-state index contributed by atoms with van der Waals surface area (Å²) in [5.41, 5.74) is 4.73. The highest BCUT2D eigenvalue weighted by molar-refractivity contribution is 7.92. The van der Waals surface area contributed by atoms with E-state index in [0.29, 0.717) is 18.8 Å². The molecule has 0 spiro atoms. The first-order valence-corrected chi connectivity index (χ1v) is 11.0. The summed E-state index contributed by atoms with van der Waals surface area (Å²) in [5.74, 6) is 0.0780. The van der Waals surface area contributed by atoms with Gasteiger partial charge in [-0.1, -0.05) is 24.3 Å². The normalized spacial score (nSPS) is 16.0. The number of carbonyl (C=O) groups excluding carboxylic acids is 1. The van der Waals surface area contributed by atoms with E-state index in [9.17, 15) is 13.2 Å². The molecule has 0 bridgehead atoms. The molecule has 0 radical (unpaired) electrons. The number of hydrogen-bond acceptors (Lipinski definition) is 4. The highest BCUT2D eigenvalue weighted by Crippen LogP contribution is 2.34. The number of para-hydroxylation sites is 1. The van der Waals surface area contributed by atoms with Gasteiger partial charge in [0, 0.05) is 24.5 Å². The highest BCUT2D eigenvalue weighted by atomic mass is 32.2. The van der Waals surface area contributed by atoms with Crippen molar-refractivity contribution in [1.82, 2.24) is 0 Å². The topological polar surface area (TPSA) is 69.7 Å². The predicted octanol–water partition coefficient (Wildman–Crippen LogP) is 2.40. The van der Waals surface area contributed by atoms with Crippen molar-refractivity contribution in [3.63, 3.8) is 0 Å². The minimum Gasteiger partial charge on any atom is -0.362 e. The Morgan fingerprint density at radius 3 is 2.63 bits per heavy atom. The Balaban J connectivity index is 1.57. The van der Waals surface area contributed by atoms with Crippen molar-refractivity contribution in [2.24, 2.45) is 0 Å². The summed E-state index contributed by atoms with van der Waals surface area (Å²) >= 11 is 0. The summed E-state index contributed by atoms with van der Waals surface area (Å²) in [6, 6.07) is 13.6. The molecule has 0 saturated heterocycles. The van der Waals surface area contributed by atoms with Crippen LogP contribution in [0.15, 0.2) is 42.5 Å². The molecule has 2 aromatic carbocycles. The van der Waals surface area contributed by atoms with E-state index in [4.69, 9.17) is 0 Å². The molecular weight excluding hydrogens is 362 g/mol. The lowest BCUT2D eigenvalue weighted by Crippen LogP contribution is -2.41. The number of fused-ring (bicyclic) bond motifs is 2. The van der Waals surface area contributed by atoms with Crippen LogP contribution in [-0.4, -0.2) is 40.2 Å². The number of rotatable bonds is 4. The van der Waals surface area contributed by atoms with E-state index in [1.807, 2.05) is 35.2 Å². The molecule has 0 atom stereocenters. The van der Waals surface area contributed by atoms with Gasteiger partial charge in [0.2, 0.25) is 15.9 Å². The third-order valence-electron chi connectivity index (χ3n) is 5.16. The molecule has 2 aliphatic heterocycles. The fourth-order valence-electron chi connectivity index (χ4n) is 4.01. The smallest absolute Gasteiger partial charge is 0.246 e. The second kappa shape index (κ2) is 6.88. The molecule has 1 N–H and O–H groups in total. The maximum absolute atomic E-state index is 13.0. The molecule has 1 amide bonds. The van der Waals surface area contributed by atoms with Gasteiger partial charge in [-0.05, 0) is 48.6 Å². The van der Waals surface area contributed by atoms with Gasteiger partial charge in [0.05, 0.1) is 18.5 Å². The van der Waals surface area contributed by atoms with Gasteiger partial charge in [-0.15, -0.1) is 0 Å². The Morgan fingerprint density at radius 2 is 1.81 bits per heavy atom. The zero-order chi connectivity index (χ0) is 19.0. The Kier molecular flexibility index (Phi) is 4.55. The molecule has 27 heavy (non-hydrogen) atoms. The average molecular weight is 385 g/mol. The van der Waals surface area contributed by atoms with Crippen molar-refractivity contribution < 1.29 is 13.2 Å². The average Bonchev–Trinajstić information content (AvgIpc) is 3.05. The molecule has 0 saturated carbocycles. The number of nitrogens with one attached hydrogen (secondary N) is 1. The largest absolute Gasteiger partial charge is 0.362 e. The molecule has 6 nitrogen and oxygen atoms in total. The minimum atomic E-state index is -3.34. The molecule has 0 unspecified atom stereocenters. The molecule has 0 aromatic heterocycles. The number of hydrogen-bond donors (Lipinski definition) is 1. The second-order valence-corrected chi connectivity index (χ2v) is 8.88. The van der Waals surface area contributed by atoms with Gasteiger partial charge in [0.1, 0.15) is 0 Å². The van der Waals surface area contributed by atoms with Gasteiger partial charge in [-0.25, -0.2) is 8.42 Å². The van der Waals surface area contributed by atoms with Gasteiger partial charge in [0.25, 0.3) is 0 Å². The summed E-state index contributed by atoms with van der Waals surface area (Å²) in [6.07, 6.45) is 3.73. The zero-order valence-electron chi connectivity index (χ0n) is 15.3. The Labute approximate surface area is 159 Å².